The van der Waals surface area contributed by atoms with Crippen molar-refractivity contribution in [3.63, 3.8) is 0 Å². The Balaban J connectivity index is 0.00000605. The first-order valence-electron chi connectivity index (χ1n) is 26.5. The summed E-state index contributed by atoms with van der Waals surface area (Å²) in [6.45, 7) is 0. The number of thiophene rings is 1. The molecule has 3 nitrogen and oxygen atoms in total. The van der Waals surface area contributed by atoms with E-state index in [2.05, 4.69) is 219 Å². The third-order valence-corrected chi connectivity index (χ3v) is 16.0. The van der Waals surface area contributed by atoms with Crippen molar-refractivity contribution < 1.29 is 20.1 Å². The fraction of sp³-hybridized carbons (Fsp3) is 0. The maximum Gasteiger partial charge on any atom is 3.00 e. The summed E-state index contributed by atoms with van der Waals surface area (Å²) >= 11 is 1.85. The second kappa shape index (κ2) is 22.1. The molecule has 0 spiro atoms. The van der Waals surface area contributed by atoms with E-state index >= 15 is 0 Å². The summed E-state index contributed by atoms with van der Waals surface area (Å²) in [5.41, 5.74) is 23.1. The van der Waals surface area contributed by atoms with Gasteiger partial charge in [-0.05, 0) is 131 Å². The van der Waals surface area contributed by atoms with Crippen molar-refractivity contribution in [2.75, 3.05) is 0 Å². The molecule has 0 unspecified atom stereocenters. The second-order valence-corrected chi connectivity index (χ2v) is 20.7. The van der Waals surface area contributed by atoms with Crippen molar-refractivity contribution in [3.05, 3.63) is 298 Å². The molecule has 10 aromatic carbocycles. The fourth-order valence-corrected chi connectivity index (χ4v) is 12.1. The predicted molar refractivity (Wildman–Crippen MR) is 329 cm³/mol. The molecule has 0 amide bonds. The molecule has 0 saturated carbocycles. The van der Waals surface area contributed by atoms with Crippen LogP contribution < -0.4 is 0 Å². The second-order valence-electron chi connectivity index (χ2n) is 19.6. The molecule has 4 aromatic heterocycles. The standard InChI is InChI=1S/C75H46N3S.Ir/c1-5-19-50(20-6-1)54-33-37-67-68-38-34-55(45-75(68)79-74(67)44-54)69-46-73(53-25-11-4-12-26-53)78-49-70(69)66-32-18-17-31-65(66)60-42-58(63-29-15-13-27-61(63)56-35-39-71(76-47-56)51-21-7-2-8-22-51)41-59(43-60)64-30-16-14-28-62(64)57-36-40-72(77-48-57)52-23-9-3-10-24-52;/h1-21,23,25,27-49H;/q-3;+3. The van der Waals surface area contributed by atoms with Crippen LogP contribution in [0, 0.1) is 18.2 Å². The van der Waals surface area contributed by atoms with Gasteiger partial charge in [0.2, 0.25) is 0 Å². The number of hydrogen-bond donors (Lipinski definition) is 0. The number of aromatic nitrogens is 3. The summed E-state index contributed by atoms with van der Waals surface area (Å²) in [7, 11) is 0. The molecular weight excluding hydrogens is 1170 g/mol. The van der Waals surface area contributed by atoms with E-state index in [1.54, 1.807) is 0 Å². The minimum atomic E-state index is 0. The maximum absolute atomic E-state index is 5.21. The minimum absolute atomic E-state index is 0. The fourth-order valence-electron chi connectivity index (χ4n) is 10.9. The molecule has 0 saturated heterocycles. The van der Waals surface area contributed by atoms with Gasteiger partial charge in [-0.3, -0.25) is 0 Å². The molecule has 14 rings (SSSR count). The largest absolute Gasteiger partial charge is 3.00 e. The van der Waals surface area contributed by atoms with Crippen LogP contribution in [0.5, 0.6) is 0 Å². The van der Waals surface area contributed by atoms with Crippen LogP contribution in [0.2, 0.25) is 0 Å². The first-order chi connectivity index (χ1) is 39.1. The van der Waals surface area contributed by atoms with Gasteiger partial charge in [0.1, 0.15) is 0 Å². The first-order valence-corrected chi connectivity index (χ1v) is 27.3. The van der Waals surface area contributed by atoms with Gasteiger partial charge >= 0.3 is 20.1 Å². The van der Waals surface area contributed by atoms with Crippen LogP contribution >= 0.6 is 11.3 Å². The zero-order valence-corrected chi connectivity index (χ0v) is 46.4. The first kappa shape index (κ1) is 50.1. The summed E-state index contributed by atoms with van der Waals surface area (Å²) in [6, 6.07) is 103. The quantitative estimate of drug-likeness (QED) is 0.121. The van der Waals surface area contributed by atoms with Crippen LogP contribution in [0.4, 0.5) is 0 Å². The molecule has 0 aliphatic heterocycles. The van der Waals surface area contributed by atoms with Crippen molar-refractivity contribution in [2.45, 2.75) is 0 Å². The van der Waals surface area contributed by atoms with Gasteiger partial charge in [-0.2, -0.15) is 0 Å². The number of pyridine rings is 3. The van der Waals surface area contributed by atoms with Crippen LogP contribution in [0.3, 0.4) is 0 Å². The van der Waals surface area contributed by atoms with Crippen LogP contribution in [0.15, 0.2) is 279 Å². The van der Waals surface area contributed by atoms with Gasteiger partial charge in [0, 0.05) is 44.3 Å². The summed E-state index contributed by atoms with van der Waals surface area (Å²) in [4.78, 5) is 15.1. The van der Waals surface area contributed by atoms with Gasteiger partial charge in [-0.25, -0.2) is 0 Å². The monoisotopic (exact) mass is 1210 g/mol. The van der Waals surface area contributed by atoms with Crippen LogP contribution in [-0.4, -0.2) is 15.0 Å². The number of fused-ring (bicyclic) bond motifs is 3. The van der Waals surface area contributed by atoms with Crippen LogP contribution in [0.1, 0.15) is 0 Å². The van der Waals surface area contributed by atoms with E-state index in [0.29, 0.717) is 0 Å². The smallest absolute Gasteiger partial charge is 0.304 e. The molecule has 5 heteroatoms. The molecule has 0 aliphatic carbocycles. The van der Waals surface area contributed by atoms with Crippen molar-refractivity contribution in [1.29, 1.82) is 0 Å². The van der Waals surface area contributed by atoms with Crippen molar-refractivity contribution in [3.8, 4) is 123 Å². The van der Waals surface area contributed by atoms with E-state index in [0.717, 1.165) is 112 Å². The number of rotatable bonds is 11. The summed E-state index contributed by atoms with van der Waals surface area (Å²) < 4.78 is 2.51. The van der Waals surface area contributed by atoms with E-state index in [1.807, 2.05) is 90.5 Å². The molecule has 80 heavy (non-hydrogen) atoms. The molecule has 0 fully saturated rings. The minimum Gasteiger partial charge on any atom is -0.304 e. The predicted octanol–water partition coefficient (Wildman–Crippen LogP) is 20.0. The van der Waals surface area contributed by atoms with Gasteiger partial charge in [-0.15, -0.1) is 119 Å². The van der Waals surface area contributed by atoms with Gasteiger partial charge in [0.25, 0.3) is 0 Å². The Morgan fingerprint density at radius 2 is 0.650 bits per heavy atom. The molecular formula is C75H46IrN3S. The molecule has 376 valence electrons. The zero-order valence-electron chi connectivity index (χ0n) is 43.1. The number of benzene rings is 10. The maximum atomic E-state index is 5.21. The van der Waals surface area contributed by atoms with Gasteiger partial charge in [0.15, 0.2) is 0 Å². The van der Waals surface area contributed by atoms with Crippen LogP contribution in [-0.2, 0) is 20.1 Å². The number of nitrogens with zero attached hydrogens (tertiary/aromatic N) is 3. The van der Waals surface area contributed by atoms with Crippen molar-refractivity contribution >= 4 is 31.5 Å². The molecule has 0 atom stereocenters. The summed E-state index contributed by atoms with van der Waals surface area (Å²) in [6.07, 6.45) is 6.03. The number of hydrogen-bond acceptors (Lipinski definition) is 4. The average Bonchev–Trinajstić information content (AvgIpc) is 3.93. The van der Waals surface area contributed by atoms with Crippen molar-refractivity contribution in [1.82, 2.24) is 15.0 Å². The molecule has 0 radical (unpaired) electrons. The van der Waals surface area contributed by atoms with E-state index in [9.17, 15) is 0 Å². The Bertz CT molecular complexity index is 4360. The van der Waals surface area contributed by atoms with Crippen molar-refractivity contribution in [2.24, 2.45) is 0 Å². The molecule has 14 aromatic rings. The Labute approximate surface area is 483 Å². The topological polar surface area (TPSA) is 38.7 Å². The van der Waals surface area contributed by atoms with E-state index in [-0.39, 0.29) is 20.1 Å². The Hall–Kier alpha value is -9.48. The van der Waals surface area contributed by atoms with E-state index in [1.165, 1.54) is 31.3 Å². The molecule has 0 aliphatic rings. The van der Waals surface area contributed by atoms with E-state index < -0.39 is 0 Å². The van der Waals surface area contributed by atoms with Gasteiger partial charge < -0.3 is 15.0 Å². The summed E-state index contributed by atoms with van der Waals surface area (Å²) in [5, 5.41) is 2.52. The third kappa shape index (κ3) is 9.80. The van der Waals surface area contributed by atoms with Gasteiger partial charge in [-0.1, -0.05) is 158 Å². The zero-order chi connectivity index (χ0) is 52.5. The normalized spacial score (nSPS) is 11.2. The third-order valence-electron chi connectivity index (χ3n) is 14.8. The molecule has 0 N–H and O–H groups in total. The van der Waals surface area contributed by atoms with E-state index in [4.69, 9.17) is 15.0 Å². The Morgan fingerprint density at radius 3 is 1.12 bits per heavy atom. The van der Waals surface area contributed by atoms with Gasteiger partial charge in [0.05, 0.1) is 0 Å². The molecule has 4 heterocycles. The SMILES string of the molecule is [Ir+3].[c-]1ccccc1-c1ccc(-c2ccccc2-c2cc(-c3ccccc3-c3ccc(-c4[c-]cccc4)nc3)cc(-c3ccccc3-c3cnc(-c4[c-]cccc4)cc3-c3ccc4c(c3)sc3cc(-c5ccccc5)ccc34)c2)cn1. The summed E-state index contributed by atoms with van der Waals surface area (Å²) in [5.74, 6) is 0. The van der Waals surface area contributed by atoms with Crippen LogP contribution in [0.25, 0.3) is 143 Å². The average molecular weight is 1210 g/mol. The molecule has 0 bridgehead atoms. The Morgan fingerprint density at radius 1 is 0.250 bits per heavy atom. The Kier molecular flexibility index (Phi) is 13.8.